The number of hydrogen-bond donors (Lipinski definition) is 1. The van der Waals surface area contributed by atoms with Gasteiger partial charge in [0.1, 0.15) is 0 Å². The van der Waals surface area contributed by atoms with Crippen molar-refractivity contribution >= 4 is 23.9 Å². The number of hydrazone groups is 1. The Bertz CT molecular complexity index is 874. The zero-order valence-electron chi connectivity index (χ0n) is 14.0. The molecule has 0 aliphatic carbocycles. The predicted molar refractivity (Wildman–Crippen MR) is 96.8 cm³/mol. The molecule has 1 heterocycles. The smallest absolute Gasteiger partial charge is 0.272 e. The molecule has 0 atom stereocenters. The van der Waals surface area contributed by atoms with Gasteiger partial charge >= 0.3 is 5.69 Å². The molecule has 8 nitrogen and oxygen atoms in total. The van der Waals surface area contributed by atoms with Crippen LogP contribution >= 0.6 is 11.8 Å². The first kappa shape index (κ1) is 18.7. The summed E-state index contributed by atoms with van der Waals surface area (Å²) in [5.41, 5.74) is 2.57. The van der Waals surface area contributed by atoms with Crippen LogP contribution in [0.4, 0.5) is 0 Å². The van der Waals surface area contributed by atoms with Crippen molar-refractivity contribution in [3.63, 3.8) is 0 Å². The molecule has 0 saturated heterocycles. The number of aryl methyl sites for hydroxylation is 2. The number of amides is 1. The number of nitrogens with one attached hydrogen (secondary N) is 1. The number of hydrogen-bond acceptors (Lipinski definition) is 6. The minimum Gasteiger partial charge on any atom is -0.272 e. The minimum absolute atomic E-state index is 0.0174. The topological polar surface area (TPSA) is 98.3 Å². The molecule has 0 spiro atoms. The zero-order valence-corrected chi connectivity index (χ0v) is 14.8. The molecule has 2 aromatic rings. The number of carbonyl (C=O) groups excluding carboxylic acids is 1. The van der Waals surface area contributed by atoms with Crippen LogP contribution in [0.15, 0.2) is 50.0 Å². The lowest BCUT2D eigenvalue weighted by atomic mass is 10.1. The molecular formula is C16H19N5O3S. The third-order valence-electron chi connectivity index (χ3n) is 3.32. The van der Waals surface area contributed by atoms with Crippen LogP contribution in [0.25, 0.3) is 0 Å². The standard InChI is InChI=1S/C16H19N5O3S/c1-20-15(23)14(19-21(2)16(20)24)25-11-13(22)18-17-10-6-9-12-7-4-3-5-8-12/h3-5,7-8,10H,6,9,11H2,1-2H3,(H,18,22)/b17-10-. The van der Waals surface area contributed by atoms with E-state index in [1.807, 2.05) is 30.3 Å². The third-order valence-corrected chi connectivity index (χ3v) is 4.25. The number of benzene rings is 1. The summed E-state index contributed by atoms with van der Waals surface area (Å²) in [4.78, 5) is 35.2. The Morgan fingerprint density at radius 1 is 1.28 bits per heavy atom. The maximum absolute atomic E-state index is 11.9. The summed E-state index contributed by atoms with van der Waals surface area (Å²) in [5.74, 6) is -0.366. The molecule has 0 unspecified atom stereocenters. The van der Waals surface area contributed by atoms with Gasteiger partial charge in [0.15, 0.2) is 5.03 Å². The van der Waals surface area contributed by atoms with Crippen molar-refractivity contribution in [3.8, 4) is 0 Å². The predicted octanol–water partition coefficient (Wildman–Crippen LogP) is 0.306. The average molecular weight is 361 g/mol. The van der Waals surface area contributed by atoms with Gasteiger partial charge in [0.2, 0.25) is 5.91 Å². The second kappa shape index (κ2) is 8.97. The molecule has 1 N–H and O–H groups in total. The fraction of sp³-hybridized carbons (Fsp3) is 0.312. The molecule has 1 amide bonds. The van der Waals surface area contributed by atoms with E-state index in [9.17, 15) is 14.4 Å². The van der Waals surface area contributed by atoms with Gasteiger partial charge < -0.3 is 0 Å². The highest BCUT2D eigenvalue weighted by molar-refractivity contribution is 7.99. The highest BCUT2D eigenvalue weighted by Crippen LogP contribution is 2.08. The van der Waals surface area contributed by atoms with Gasteiger partial charge in [0.25, 0.3) is 5.56 Å². The van der Waals surface area contributed by atoms with Gasteiger partial charge in [-0.05, 0) is 18.4 Å². The first-order valence-electron chi connectivity index (χ1n) is 7.60. The van der Waals surface area contributed by atoms with Crippen molar-refractivity contribution in [1.82, 2.24) is 19.8 Å². The summed E-state index contributed by atoms with van der Waals surface area (Å²) in [5, 5.41) is 7.83. The lowest BCUT2D eigenvalue weighted by Crippen LogP contribution is -2.39. The zero-order chi connectivity index (χ0) is 18.2. The number of thioether (sulfide) groups is 1. The largest absolute Gasteiger partial charge is 0.346 e. The molecule has 2 rings (SSSR count). The van der Waals surface area contributed by atoms with E-state index in [1.54, 1.807) is 6.21 Å². The van der Waals surface area contributed by atoms with E-state index in [1.165, 1.54) is 19.7 Å². The Balaban J connectivity index is 1.78. The average Bonchev–Trinajstić information content (AvgIpc) is 2.62. The van der Waals surface area contributed by atoms with Gasteiger partial charge in [-0.25, -0.2) is 14.9 Å². The summed E-state index contributed by atoms with van der Waals surface area (Å²) < 4.78 is 2.01. The van der Waals surface area contributed by atoms with Crippen LogP contribution in [0.3, 0.4) is 0 Å². The van der Waals surface area contributed by atoms with E-state index >= 15 is 0 Å². The molecule has 1 aromatic heterocycles. The van der Waals surface area contributed by atoms with E-state index in [-0.39, 0.29) is 16.7 Å². The van der Waals surface area contributed by atoms with Crippen LogP contribution in [-0.2, 0) is 25.3 Å². The lowest BCUT2D eigenvalue weighted by molar-refractivity contribution is -0.118. The highest BCUT2D eigenvalue weighted by atomic mass is 32.2. The normalized spacial score (nSPS) is 11.0. The van der Waals surface area contributed by atoms with Crippen LogP contribution in [0.2, 0.25) is 0 Å². The molecule has 0 aliphatic heterocycles. The van der Waals surface area contributed by atoms with Crippen molar-refractivity contribution in [1.29, 1.82) is 0 Å². The number of aromatic nitrogens is 3. The molecule has 0 radical (unpaired) electrons. The third kappa shape index (κ3) is 5.42. The molecule has 9 heteroatoms. The quantitative estimate of drug-likeness (QED) is 0.435. The molecule has 0 fully saturated rings. The van der Waals surface area contributed by atoms with E-state index in [2.05, 4.69) is 15.6 Å². The highest BCUT2D eigenvalue weighted by Gasteiger charge is 2.11. The van der Waals surface area contributed by atoms with Crippen LogP contribution in [0.5, 0.6) is 0 Å². The Hall–Kier alpha value is -2.68. The Morgan fingerprint density at radius 3 is 2.72 bits per heavy atom. The van der Waals surface area contributed by atoms with E-state index in [0.717, 1.165) is 27.4 Å². The summed E-state index contributed by atoms with van der Waals surface area (Å²) >= 11 is 0.963. The van der Waals surface area contributed by atoms with Crippen molar-refractivity contribution in [3.05, 3.63) is 56.7 Å². The molecule has 0 aliphatic rings. The lowest BCUT2D eigenvalue weighted by Gasteiger charge is -2.04. The van der Waals surface area contributed by atoms with Gasteiger partial charge in [-0.1, -0.05) is 42.1 Å². The summed E-state index contributed by atoms with van der Waals surface area (Å²) in [7, 11) is 2.82. The summed E-state index contributed by atoms with van der Waals surface area (Å²) in [6.07, 6.45) is 3.19. The number of carbonyl (C=O) groups is 1. The van der Waals surface area contributed by atoms with E-state index in [0.29, 0.717) is 6.42 Å². The van der Waals surface area contributed by atoms with Gasteiger partial charge in [-0.15, -0.1) is 0 Å². The maximum Gasteiger partial charge on any atom is 0.346 e. The first-order chi connectivity index (χ1) is 12.0. The fourth-order valence-electron chi connectivity index (χ4n) is 1.98. The van der Waals surface area contributed by atoms with Gasteiger partial charge in [0, 0.05) is 20.3 Å². The number of rotatable bonds is 7. The summed E-state index contributed by atoms with van der Waals surface area (Å²) in [6, 6.07) is 9.97. The Kier molecular flexibility index (Phi) is 6.70. The van der Waals surface area contributed by atoms with Crippen LogP contribution in [0.1, 0.15) is 12.0 Å². The Labute approximate surface area is 148 Å². The van der Waals surface area contributed by atoms with Gasteiger partial charge in [0.05, 0.1) is 5.75 Å². The van der Waals surface area contributed by atoms with Crippen LogP contribution in [-0.4, -0.2) is 32.2 Å². The van der Waals surface area contributed by atoms with Crippen molar-refractivity contribution < 1.29 is 4.79 Å². The van der Waals surface area contributed by atoms with Gasteiger partial charge in [-0.2, -0.15) is 10.2 Å². The maximum atomic E-state index is 11.9. The van der Waals surface area contributed by atoms with Crippen molar-refractivity contribution in [2.45, 2.75) is 17.9 Å². The second-order valence-corrected chi connectivity index (χ2v) is 6.20. The molecule has 25 heavy (non-hydrogen) atoms. The molecule has 0 bridgehead atoms. The van der Waals surface area contributed by atoms with Crippen LogP contribution in [0, 0.1) is 0 Å². The molecule has 0 saturated carbocycles. The van der Waals surface area contributed by atoms with E-state index < -0.39 is 11.2 Å². The molecular weight excluding hydrogens is 342 g/mol. The molecule has 1 aromatic carbocycles. The number of nitrogens with zero attached hydrogens (tertiary/aromatic N) is 4. The van der Waals surface area contributed by atoms with Crippen molar-refractivity contribution in [2.75, 3.05) is 5.75 Å². The van der Waals surface area contributed by atoms with Gasteiger partial charge in [-0.3, -0.25) is 14.2 Å². The monoisotopic (exact) mass is 361 g/mol. The van der Waals surface area contributed by atoms with E-state index in [4.69, 9.17) is 0 Å². The second-order valence-electron chi connectivity index (χ2n) is 5.24. The summed E-state index contributed by atoms with van der Waals surface area (Å²) in [6.45, 7) is 0. The minimum atomic E-state index is -0.521. The van der Waals surface area contributed by atoms with Crippen LogP contribution < -0.4 is 16.7 Å². The van der Waals surface area contributed by atoms with Crippen molar-refractivity contribution in [2.24, 2.45) is 19.2 Å². The first-order valence-corrected chi connectivity index (χ1v) is 8.59. The fourth-order valence-corrected chi connectivity index (χ4v) is 2.76. The Morgan fingerprint density at radius 2 is 2.00 bits per heavy atom. The SMILES string of the molecule is Cn1nc(SCC(=O)N/N=C\CCc2ccccc2)c(=O)n(C)c1=O. The molecule has 132 valence electrons.